The number of halogens is 1. The zero-order valence-electron chi connectivity index (χ0n) is 17.9. The SMILES string of the molecule is NCC1CCNCC1.O=C(NC1CCNCC1)NC12CC3CC(CC(C3)C1)C2.[Cl-]. The summed E-state index contributed by atoms with van der Waals surface area (Å²) in [7, 11) is 0. The van der Waals surface area contributed by atoms with Gasteiger partial charge < -0.3 is 39.4 Å². The van der Waals surface area contributed by atoms with E-state index in [1.807, 2.05) is 0 Å². The Hall–Kier alpha value is -0.560. The van der Waals surface area contributed by atoms with E-state index in [0.29, 0.717) is 6.04 Å². The molecule has 0 aromatic heterocycles. The molecule has 4 aliphatic carbocycles. The van der Waals surface area contributed by atoms with E-state index in [-0.39, 0.29) is 24.0 Å². The topological polar surface area (TPSA) is 91.2 Å². The highest BCUT2D eigenvalue weighted by Gasteiger charge is 2.51. The van der Waals surface area contributed by atoms with Gasteiger partial charge in [0.05, 0.1) is 0 Å². The predicted molar refractivity (Wildman–Crippen MR) is 113 cm³/mol. The zero-order valence-corrected chi connectivity index (χ0v) is 18.6. The fourth-order valence-electron chi connectivity index (χ4n) is 6.81. The number of carbonyl (C=O) groups excluding carboxylic acids is 1. The van der Waals surface area contributed by atoms with Crippen molar-refractivity contribution in [3.63, 3.8) is 0 Å². The van der Waals surface area contributed by atoms with Crippen LogP contribution in [0.25, 0.3) is 0 Å². The van der Waals surface area contributed by atoms with E-state index in [1.54, 1.807) is 0 Å². The number of rotatable bonds is 3. The van der Waals surface area contributed by atoms with E-state index >= 15 is 0 Å². The third kappa shape index (κ3) is 6.22. The molecule has 2 heterocycles. The van der Waals surface area contributed by atoms with Gasteiger partial charge in [0.15, 0.2) is 0 Å². The van der Waals surface area contributed by atoms with Crippen LogP contribution in [-0.4, -0.2) is 50.3 Å². The highest BCUT2D eigenvalue weighted by Crippen LogP contribution is 2.55. The van der Waals surface area contributed by atoms with Crippen LogP contribution in [-0.2, 0) is 0 Å². The van der Waals surface area contributed by atoms with Gasteiger partial charge in [-0.15, -0.1) is 0 Å². The summed E-state index contributed by atoms with van der Waals surface area (Å²) in [5, 5.41) is 13.2. The van der Waals surface area contributed by atoms with Crippen molar-refractivity contribution in [2.75, 3.05) is 32.7 Å². The summed E-state index contributed by atoms with van der Waals surface area (Å²) >= 11 is 0. The highest BCUT2D eigenvalue weighted by molar-refractivity contribution is 5.75. The van der Waals surface area contributed by atoms with Crippen LogP contribution in [0.3, 0.4) is 0 Å². The van der Waals surface area contributed by atoms with E-state index in [1.165, 1.54) is 64.5 Å². The number of piperidine rings is 2. The average molecular weight is 427 g/mol. The third-order valence-electron chi connectivity index (χ3n) is 7.88. The Morgan fingerprint density at radius 1 is 0.862 bits per heavy atom. The van der Waals surface area contributed by atoms with Crippen LogP contribution < -0.4 is 39.4 Å². The van der Waals surface area contributed by atoms with Crippen molar-refractivity contribution >= 4 is 6.03 Å². The van der Waals surface area contributed by atoms with E-state index in [2.05, 4.69) is 21.3 Å². The average Bonchev–Trinajstić information content (AvgIpc) is 2.68. The summed E-state index contributed by atoms with van der Waals surface area (Å²) in [6.45, 7) is 5.27. The molecule has 6 nitrogen and oxygen atoms in total. The fourth-order valence-corrected chi connectivity index (χ4v) is 6.81. The highest BCUT2D eigenvalue weighted by atomic mass is 35.5. The second kappa shape index (κ2) is 10.7. The van der Waals surface area contributed by atoms with Gasteiger partial charge >= 0.3 is 6.03 Å². The lowest BCUT2D eigenvalue weighted by molar-refractivity contribution is -0.0137. The molecule has 0 aromatic carbocycles. The molecule has 168 valence electrons. The molecule has 0 radical (unpaired) electrons. The Bertz CT molecular complexity index is 484. The van der Waals surface area contributed by atoms with Crippen molar-refractivity contribution < 1.29 is 17.2 Å². The smallest absolute Gasteiger partial charge is 0.315 e. The minimum Gasteiger partial charge on any atom is -1.00 e. The molecule has 6 N–H and O–H groups in total. The first-order chi connectivity index (χ1) is 13.6. The van der Waals surface area contributed by atoms with E-state index < -0.39 is 0 Å². The predicted octanol–water partition coefficient (Wildman–Crippen LogP) is -1.04. The molecule has 2 saturated heterocycles. The lowest BCUT2D eigenvalue weighted by atomic mass is 9.53. The van der Waals surface area contributed by atoms with Gasteiger partial charge in [-0.25, -0.2) is 4.79 Å². The van der Waals surface area contributed by atoms with Crippen molar-refractivity contribution in [1.29, 1.82) is 0 Å². The molecule has 6 aliphatic rings. The second-order valence-electron chi connectivity index (χ2n) is 10.2. The number of hydrogen-bond donors (Lipinski definition) is 5. The molecule has 6 fully saturated rings. The monoisotopic (exact) mass is 426 g/mol. The molecule has 0 aromatic rings. The molecule has 29 heavy (non-hydrogen) atoms. The number of hydrogen-bond acceptors (Lipinski definition) is 4. The lowest BCUT2D eigenvalue weighted by Gasteiger charge is -2.56. The molecule has 7 heteroatoms. The Labute approximate surface area is 182 Å². The van der Waals surface area contributed by atoms with E-state index in [0.717, 1.165) is 56.1 Å². The summed E-state index contributed by atoms with van der Waals surface area (Å²) in [5.74, 6) is 3.47. The number of nitrogens with two attached hydrogens (primary N) is 1. The number of nitrogens with one attached hydrogen (secondary N) is 4. The van der Waals surface area contributed by atoms with Crippen LogP contribution in [0, 0.1) is 23.7 Å². The zero-order chi connectivity index (χ0) is 19.4. The normalized spacial score (nSPS) is 36.5. The van der Waals surface area contributed by atoms with Crippen molar-refractivity contribution in [1.82, 2.24) is 21.3 Å². The van der Waals surface area contributed by atoms with Crippen LogP contribution in [0.2, 0.25) is 0 Å². The van der Waals surface area contributed by atoms with E-state index in [9.17, 15) is 4.79 Å². The molecular weight excluding hydrogens is 386 g/mol. The van der Waals surface area contributed by atoms with Gasteiger partial charge in [-0.1, -0.05) is 0 Å². The Kier molecular flexibility index (Phi) is 8.49. The van der Waals surface area contributed by atoms with Crippen LogP contribution in [0.4, 0.5) is 4.79 Å². The van der Waals surface area contributed by atoms with Crippen LogP contribution in [0.15, 0.2) is 0 Å². The molecule has 0 atom stereocenters. The molecule has 2 aliphatic heterocycles. The molecule has 0 spiro atoms. The maximum absolute atomic E-state index is 12.4. The van der Waals surface area contributed by atoms with E-state index in [4.69, 9.17) is 5.73 Å². The Morgan fingerprint density at radius 3 is 1.79 bits per heavy atom. The third-order valence-corrected chi connectivity index (χ3v) is 7.88. The summed E-state index contributed by atoms with van der Waals surface area (Å²) < 4.78 is 0. The van der Waals surface area contributed by atoms with Gasteiger partial charge in [-0.05, 0) is 121 Å². The first-order valence-corrected chi connectivity index (χ1v) is 11.8. The first-order valence-electron chi connectivity index (χ1n) is 11.8. The number of urea groups is 1. The lowest BCUT2D eigenvalue weighted by Crippen LogP contribution is -3.00. The van der Waals surface area contributed by atoms with Gasteiger partial charge in [0.2, 0.25) is 0 Å². The molecule has 4 saturated carbocycles. The Morgan fingerprint density at radius 2 is 1.34 bits per heavy atom. The Balaban J connectivity index is 0.000000228. The summed E-state index contributed by atoms with van der Waals surface area (Å²) in [6, 6.07) is 0.462. The largest absolute Gasteiger partial charge is 1.00 e. The minimum absolute atomic E-state index is 0. The summed E-state index contributed by atoms with van der Waals surface area (Å²) in [4.78, 5) is 12.4. The van der Waals surface area contributed by atoms with Gasteiger partial charge in [0.25, 0.3) is 0 Å². The summed E-state index contributed by atoms with van der Waals surface area (Å²) in [6.07, 6.45) is 12.7. The standard InChI is InChI=1S/C16H27N3O.C6H14N2.ClH/c20-15(18-14-1-3-17-4-2-14)19-16-8-11-5-12(9-16)7-13(6-11)10-16;7-5-6-1-3-8-4-2-6;/h11-14,17H,1-10H2,(H2,18,19,20);6,8H,1-5,7H2;1H/p-1. The van der Waals surface area contributed by atoms with Gasteiger partial charge in [-0.3, -0.25) is 0 Å². The molecule has 6 rings (SSSR count). The van der Waals surface area contributed by atoms with Crippen LogP contribution in [0.1, 0.15) is 64.2 Å². The summed E-state index contributed by atoms with van der Waals surface area (Å²) in [5.41, 5.74) is 5.62. The number of amides is 2. The minimum atomic E-state index is 0. The first kappa shape index (κ1) is 23.1. The quantitative estimate of drug-likeness (QED) is 0.398. The van der Waals surface area contributed by atoms with Crippen molar-refractivity contribution in [3.8, 4) is 0 Å². The van der Waals surface area contributed by atoms with Gasteiger partial charge in [-0.2, -0.15) is 0 Å². The molecule has 0 unspecified atom stereocenters. The van der Waals surface area contributed by atoms with Crippen molar-refractivity contribution in [2.24, 2.45) is 29.4 Å². The maximum atomic E-state index is 12.4. The van der Waals surface area contributed by atoms with Crippen LogP contribution in [0.5, 0.6) is 0 Å². The number of carbonyl (C=O) groups is 1. The van der Waals surface area contributed by atoms with Crippen LogP contribution >= 0.6 is 0 Å². The van der Waals surface area contributed by atoms with Gasteiger partial charge in [0.1, 0.15) is 0 Å². The van der Waals surface area contributed by atoms with Gasteiger partial charge in [0, 0.05) is 11.6 Å². The fraction of sp³-hybridized carbons (Fsp3) is 0.955. The van der Waals surface area contributed by atoms with Crippen molar-refractivity contribution in [3.05, 3.63) is 0 Å². The molecule has 4 bridgehead atoms. The second-order valence-corrected chi connectivity index (χ2v) is 10.2. The molecule has 2 amide bonds. The van der Waals surface area contributed by atoms with Crippen molar-refractivity contribution in [2.45, 2.75) is 75.8 Å². The maximum Gasteiger partial charge on any atom is 0.315 e. The molecular formula is C22H41ClN5O-.